The lowest BCUT2D eigenvalue weighted by atomic mass is 9.84. The summed E-state index contributed by atoms with van der Waals surface area (Å²) in [7, 11) is 0. The van der Waals surface area contributed by atoms with Gasteiger partial charge in [-0.05, 0) is 36.0 Å². The van der Waals surface area contributed by atoms with E-state index >= 15 is 0 Å². The summed E-state index contributed by atoms with van der Waals surface area (Å²) in [6, 6.07) is 7.90. The van der Waals surface area contributed by atoms with Gasteiger partial charge in [0.15, 0.2) is 0 Å². The van der Waals surface area contributed by atoms with Crippen LogP contribution in [0.3, 0.4) is 0 Å². The highest BCUT2D eigenvalue weighted by atomic mass is 16.3. The van der Waals surface area contributed by atoms with Crippen molar-refractivity contribution >= 4 is 5.69 Å². The Kier molecular flexibility index (Phi) is 3.58. The first-order valence-corrected chi connectivity index (χ1v) is 6.44. The van der Waals surface area contributed by atoms with E-state index in [-0.39, 0.29) is 6.61 Å². The van der Waals surface area contributed by atoms with Crippen molar-refractivity contribution in [2.75, 3.05) is 18.0 Å². The maximum absolute atomic E-state index is 9.24. The van der Waals surface area contributed by atoms with Gasteiger partial charge in [-0.15, -0.1) is 0 Å². The van der Waals surface area contributed by atoms with Crippen molar-refractivity contribution in [3.05, 3.63) is 29.3 Å². The molecular formula is C15H20N2O. The van der Waals surface area contributed by atoms with E-state index in [4.69, 9.17) is 5.11 Å². The highest BCUT2D eigenvalue weighted by molar-refractivity contribution is 5.60. The number of hydrogen-bond acceptors (Lipinski definition) is 3. The summed E-state index contributed by atoms with van der Waals surface area (Å²) in [6.07, 6.45) is 2.40. The van der Waals surface area contributed by atoms with E-state index in [1.807, 2.05) is 12.1 Å². The topological polar surface area (TPSA) is 47.3 Å². The summed E-state index contributed by atoms with van der Waals surface area (Å²) < 4.78 is 0. The monoisotopic (exact) mass is 244 g/mol. The smallest absolute Gasteiger partial charge is 0.101 e. The van der Waals surface area contributed by atoms with Crippen molar-refractivity contribution < 1.29 is 5.11 Å². The Morgan fingerprint density at radius 3 is 2.83 bits per heavy atom. The van der Waals surface area contributed by atoms with Gasteiger partial charge in [0, 0.05) is 13.1 Å². The number of rotatable bonds is 2. The normalized spacial score (nSPS) is 18.4. The number of nitrogens with zero attached hydrogens (tertiary/aromatic N) is 2. The van der Waals surface area contributed by atoms with Gasteiger partial charge in [0.2, 0.25) is 0 Å². The van der Waals surface area contributed by atoms with Gasteiger partial charge in [-0.3, -0.25) is 0 Å². The van der Waals surface area contributed by atoms with Crippen LogP contribution in [0.4, 0.5) is 5.69 Å². The largest absolute Gasteiger partial charge is 0.392 e. The minimum Gasteiger partial charge on any atom is -0.392 e. The van der Waals surface area contributed by atoms with Gasteiger partial charge >= 0.3 is 0 Å². The zero-order valence-electron chi connectivity index (χ0n) is 11.1. The molecule has 0 unspecified atom stereocenters. The highest BCUT2D eigenvalue weighted by Gasteiger charge is 2.27. The van der Waals surface area contributed by atoms with E-state index in [1.165, 1.54) is 12.8 Å². The lowest BCUT2D eigenvalue weighted by Crippen LogP contribution is -2.40. The minimum absolute atomic E-state index is 0.0134. The van der Waals surface area contributed by atoms with Crippen LogP contribution in [0, 0.1) is 16.7 Å². The molecular weight excluding hydrogens is 224 g/mol. The second-order valence-electron chi connectivity index (χ2n) is 5.81. The van der Waals surface area contributed by atoms with Gasteiger partial charge in [-0.2, -0.15) is 5.26 Å². The Labute approximate surface area is 109 Å². The number of benzene rings is 1. The van der Waals surface area contributed by atoms with Gasteiger partial charge in [0.05, 0.1) is 17.9 Å². The Morgan fingerprint density at radius 2 is 2.22 bits per heavy atom. The van der Waals surface area contributed by atoms with Crippen LogP contribution in [-0.2, 0) is 6.61 Å². The fourth-order valence-corrected chi connectivity index (χ4v) is 2.68. The van der Waals surface area contributed by atoms with E-state index in [0.29, 0.717) is 11.0 Å². The predicted octanol–water partition coefficient (Wildman–Crippen LogP) is 2.68. The molecule has 0 saturated carbocycles. The highest BCUT2D eigenvalue weighted by Crippen LogP contribution is 2.33. The summed E-state index contributed by atoms with van der Waals surface area (Å²) in [5, 5.41) is 18.4. The molecule has 0 bridgehead atoms. The first-order chi connectivity index (χ1) is 8.55. The molecule has 1 aromatic rings. The van der Waals surface area contributed by atoms with Crippen molar-refractivity contribution in [2.24, 2.45) is 5.41 Å². The molecule has 1 aliphatic heterocycles. The van der Waals surface area contributed by atoms with Crippen molar-refractivity contribution in [2.45, 2.75) is 33.3 Å². The van der Waals surface area contributed by atoms with Crippen LogP contribution in [0.5, 0.6) is 0 Å². The molecule has 3 nitrogen and oxygen atoms in total. The first kappa shape index (κ1) is 12.9. The van der Waals surface area contributed by atoms with Crippen LogP contribution < -0.4 is 4.90 Å². The molecule has 0 amide bonds. The van der Waals surface area contributed by atoms with Gasteiger partial charge in [0.25, 0.3) is 0 Å². The van der Waals surface area contributed by atoms with Gasteiger partial charge in [0.1, 0.15) is 6.07 Å². The number of anilines is 1. The number of nitriles is 1. The Bertz CT molecular complexity index is 474. The van der Waals surface area contributed by atoms with Crippen molar-refractivity contribution in [3.63, 3.8) is 0 Å². The predicted molar refractivity (Wildman–Crippen MR) is 72.3 cm³/mol. The lowest BCUT2D eigenvalue weighted by Gasteiger charge is -2.39. The number of aliphatic hydroxyl groups is 1. The molecule has 1 N–H and O–H groups in total. The summed E-state index contributed by atoms with van der Waals surface area (Å²) in [5.41, 5.74) is 2.77. The molecule has 0 aliphatic carbocycles. The number of aliphatic hydroxyl groups excluding tert-OH is 1. The van der Waals surface area contributed by atoms with E-state index < -0.39 is 0 Å². The summed E-state index contributed by atoms with van der Waals surface area (Å²) >= 11 is 0. The van der Waals surface area contributed by atoms with Crippen molar-refractivity contribution in [1.82, 2.24) is 0 Å². The summed E-state index contributed by atoms with van der Waals surface area (Å²) in [4.78, 5) is 2.29. The standard InChI is InChI=1S/C15H20N2O/c1-15(2)6-3-7-17(11-15)14-5-4-12(10-18)8-13(14)9-16/h4-5,8,18H,3,6-7,10-11H2,1-2H3. The Balaban J connectivity index is 2.30. The zero-order chi connectivity index (χ0) is 13.2. The molecule has 0 atom stereocenters. The molecule has 96 valence electrons. The molecule has 1 saturated heterocycles. The van der Waals surface area contributed by atoms with E-state index in [0.717, 1.165) is 24.3 Å². The average Bonchev–Trinajstić information content (AvgIpc) is 2.36. The second-order valence-corrected chi connectivity index (χ2v) is 5.81. The molecule has 1 heterocycles. The van der Waals surface area contributed by atoms with Gasteiger partial charge in [-0.1, -0.05) is 19.9 Å². The van der Waals surface area contributed by atoms with Crippen LogP contribution in [0.15, 0.2) is 18.2 Å². The summed E-state index contributed by atoms with van der Waals surface area (Å²) in [6.45, 7) is 6.53. The van der Waals surface area contributed by atoms with E-state index in [9.17, 15) is 5.26 Å². The molecule has 1 fully saturated rings. The quantitative estimate of drug-likeness (QED) is 0.870. The van der Waals surface area contributed by atoms with Gasteiger partial charge in [-0.25, -0.2) is 0 Å². The molecule has 18 heavy (non-hydrogen) atoms. The minimum atomic E-state index is -0.0134. The Morgan fingerprint density at radius 1 is 1.44 bits per heavy atom. The summed E-state index contributed by atoms with van der Waals surface area (Å²) in [5.74, 6) is 0. The number of piperidine rings is 1. The van der Waals surface area contributed by atoms with Crippen LogP contribution in [0.1, 0.15) is 37.8 Å². The van der Waals surface area contributed by atoms with Crippen LogP contribution >= 0.6 is 0 Å². The molecule has 0 spiro atoms. The molecule has 0 radical (unpaired) electrons. The van der Waals surface area contributed by atoms with E-state index in [1.54, 1.807) is 6.07 Å². The fraction of sp³-hybridized carbons (Fsp3) is 0.533. The third kappa shape index (κ3) is 2.65. The second kappa shape index (κ2) is 4.99. The molecule has 2 rings (SSSR count). The van der Waals surface area contributed by atoms with Crippen LogP contribution in [0.25, 0.3) is 0 Å². The maximum atomic E-state index is 9.24. The fourth-order valence-electron chi connectivity index (χ4n) is 2.68. The average molecular weight is 244 g/mol. The first-order valence-electron chi connectivity index (χ1n) is 6.44. The number of hydrogen-bond donors (Lipinski definition) is 1. The lowest BCUT2D eigenvalue weighted by molar-refractivity contribution is 0.281. The zero-order valence-corrected chi connectivity index (χ0v) is 11.1. The van der Waals surface area contributed by atoms with Crippen molar-refractivity contribution in [3.8, 4) is 6.07 Å². The maximum Gasteiger partial charge on any atom is 0.101 e. The molecule has 0 aromatic heterocycles. The van der Waals surface area contributed by atoms with Gasteiger partial charge < -0.3 is 10.0 Å². The van der Waals surface area contributed by atoms with E-state index in [2.05, 4.69) is 24.8 Å². The van der Waals surface area contributed by atoms with Crippen LogP contribution in [0.2, 0.25) is 0 Å². The van der Waals surface area contributed by atoms with Crippen molar-refractivity contribution in [1.29, 1.82) is 5.26 Å². The van der Waals surface area contributed by atoms with Crippen LogP contribution in [-0.4, -0.2) is 18.2 Å². The molecule has 1 aliphatic rings. The molecule has 1 aromatic carbocycles. The molecule has 3 heteroatoms. The Hall–Kier alpha value is -1.53. The third-order valence-corrected chi connectivity index (χ3v) is 3.61. The third-order valence-electron chi connectivity index (χ3n) is 3.61. The SMILES string of the molecule is CC1(C)CCCN(c2ccc(CO)cc2C#N)C1.